The summed E-state index contributed by atoms with van der Waals surface area (Å²) in [4.78, 5) is 12.0. The first-order valence-corrected chi connectivity index (χ1v) is 7.13. The van der Waals surface area contributed by atoms with Crippen molar-refractivity contribution in [2.24, 2.45) is 0 Å². The molecule has 0 aliphatic carbocycles. The Kier molecular flexibility index (Phi) is 6.52. The first kappa shape index (κ1) is 16.5. The van der Waals surface area contributed by atoms with Crippen molar-refractivity contribution in [1.82, 2.24) is 5.32 Å². The van der Waals surface area contributed by atoms with Crippen molar-refractivity contribution in [3.63, 3.8) is 0 Å². The number of hydrogen-bond donors (Lipinski definition) is 1. The van der Waals surface area contributed by atoms with E-state index in [0.29, 0.717) is 6.61 Å². The van der Waals surface area contributed by atoms with Gasteiger partial charge in [0.1, 0.15) is 11.8 Å². The molecule has 1 N–H and O–H groups in total. The van der Waals surface area contributed by atoms with Crippen LogP contribution < -0.4 is 10.1 Å². The Morgan fingerprint density at radius 1 is 1.15 bits per heavy atom. The summed E-state index contributed by atoms with van der Waals surface area (Å²) in [5.41, 5.74) is 0.883. The maximum atomic E-state index is 12.0. The summed E-state index contributed by atoms with van der Waals surface area (Å²) >= 11 is 0. The molecule has 0 aliphatic rings. The predicted octanol–water partition coefficient (Wildman–Crippen LogP) is 3.08. The lowest BCUT2D eigenvalue weighted by Crippen LogP contribution is -2.34. The summed E-state index contributed by atoms with van der Waals surface area (Å²) < 4.78 is 10.7. The lowest BCUT2D eigenvalue weighted by molar-refractivity contribution is -0.146. The van der Waals surface area contributed by atoms with Crippen molar-refractivity contribution in [2.75, 3.05) is 6.61 Å². The Morgan fingerprint density at radius 2 is 1.75 bits per heavy atom. The second-order valence-corrected chi connectivity index (χ2v) is 5.24. The Morgan fingerprint density at radius 3 is 2.20 bits per heavy atom. The minimum absolute atomic E-state index is 0.135. The van der Waals surface area contributed by atoms with E-state index in [1.165, 1.54) is 0 Å². The molecule has 20 heavy (non-hydrogen) atoms. The second-order valence-electron chi connectivity index (χ2n) is 5.24. The van der Waals surface area contributed by atoms with Crippen molar-refractivity contribution in [3.8, 4) is 5.75 Å². The molecule has 0 amide bonds. The van der Waals surface area contributed by atoms with Gasteiger partial charge < -0.3 is 9.47 Å². The van der Waals surface area contributed by atoms with E-state index in [-0.39, 0.29) is 18.1 Å². The number of carbonyl (C=O) groups is 1. The predicted molar refractivity (Wildman–Crippen MR) is 79.9 cm³/mol. The van der Waals surface area contributed by atoms with Crippen molar-refractivity contribution >= 4 is 5.97 Å². The lowest BCUT2D eigenvalue weighted by Gasteiger charge is -2.20. The van der Waals surface area contributed by atoms with Crippen LogP contribution in [0.15, 0.2) is 24.3 Å². The SMILES string of the molecule is CCOC(=O)C(NC(C)C)c1ccc(OC(C)C)cc1. The van der Waals surface area contributed by atoms with Crippen LogP contribution in [0.4, 0.5) is 0 Å². The highest BCUT2D eigenvalue weighted by Gasteiger charge is 2.22. The number of benzene rings is 1. The Labute approximate surface area is 121 Å². The van der Waals surface area contributed by atoms with E-state index in [2.05, 4.69) is 5.32 Å². The molecule has 1 aromatic carbocycles. The first-order chi connectivity index (χ1) is 9.43. The molecule has 0 spiro atoms. The zero-order valence-corrected chi connectivity index (χ0v) is 13.0. The quantitative estimate of drug-likeness (QED) is 0.779. The van der Waals surface area contributed by atoms with Gasteiger partial charge >= 0.3 is 5.97 Å². The molecule has 0 radical (unpaired) electrons. The van der Waals surface area contributed by atoms with Gasteiger partial charge in [-0.05, 0) is 52.3 Å². The number of nitrogens with one attached hydrogen (secondary N) is 1. The molecular formula is C16H25NO3. The van der Waals surface area contributed by atoms with Crippen molar-refractivity contribution in [2.45, 2.75) is 52.8 Å². The molecule has 0 heterocycles. The fourth-order valence-electron chi connectivity index (χ4n) is 1.87. The molecule has 4 nitrogen and oxygen atoms in total. The Hall–Kier alpha value is -1.55. The molecule has 0 aliphatic heterocycles. The van der Waals surface area contributed by atoms with E-state index in [1.54, 1.807) is 0 Å². The van der Waals surface area contributed by atoms with Crippen LogP contribution >= 0.6 is 0 Å². The van der Waals surface area contributed by atoms with Crippen LogP contribution in [0.5, 0.6) is 5.75 Å². The normalized spacial score (nSPS) is 12.6. The van der Waals surface area contributed by atoms with Gasteiger partial charge in [-0.2, -0.15) is 0 Å². The summed E-state index contributed by atoms with van der Waals surface area (Å²) in [5.74, 6) is 0.551. The third kappa shape index (κ3) is 5.21. The summed E-state index contributed by atoms with van der Waals surface area (Å²) in [7, 11) is 0. The van der Waals surface area contributed by atoms with Crippen LogP contribution in [0.2, 0.25) is 0 Å². The monoisotopic (exact) mass is 279 g/mol. The van der Waals surface area contributed by atoms with Gasteiger partial charge in [-0.1, -0.05) is 12.1 Å². The van der Waals surface area contributed by atoms with Crippen LogP contribution in [0.3, 0.4) is 0 Å². The first-order valence-electron chi connectivity index (χ1n) is 7.13. The topological polar surface area (TPSA) is 47.6 Å². The minimum atomic E-state index is -0.442. The van der Waals surface area contributed by atoms with Gasteiger partial charge in [0.2, 0.25) is 0 Å². The zero-order chi connectivity index (χ0) is 15.1. The van der Waals surface area contributed by atoms with E-state index < -0.39 is 6.04 Å². The molecule has 1 aromatic rings. The average Bonchev–Trinajstić information content (AvgIpc) is 2.36. The van der Waals surface area contributed by atoms with Gasteiger partial charge in [0, 0.05) is 6.04 Å². The smallest absolute Gasteiger partial charge is 0.327 e. The molecule has 0 bridgehead atoms. The highest BCUT2D eigenvalue weighted by atomic mass is 16.5. The maximum absolute atomic E-state index is 12.0. The van der Waals surface area contributed by atoms with Gasteiger partial charge in [-0.15, -0.1) is 0 Å². The molecule has 0 fully saturated rings. The van der Waals surface area contributed by atoms with Gasteiger partial charge in [-0.3, -0.25) is 5.32 Å². The summed E-state index contributed by atoms with van der Waals surface area (Å²) in [6, 6.07) is 7.30. The van der Waals surface area contributed by atoms with Crippen molar-refractivity contribution in [1.29, 1.82) is 0 Å². The standard InChI is InChI=1S/C16H25NO3/c1-6-19-16(18)15(17-11(2)3)13-7-9-14(10-8-13)20-12(4)5/h7-12,15,17H,6H2,1-5H3. The fourth-order valence-corrected chi connectivity index (χ4v) is 1.87. The number of carbonyl (C=O) groups excluding carboxylic acids is 1. The number of esters is 1. The van der Waals surface area contributed by atoms with E-state index in [0.717, 1.165) is 11.3 Å². The molecule has 0 saturated carbocycles. The Balaban J connectivity index is 2.87. The third-order valence-electron chi connectivity index (χ3n) is 2.61. The third-order valence-corrected chi connectivity index (χ3v) is 2.61. The molecular weight excluding hydrogens is 254 g/mol. The summed E-state index contributed by atoms with van der Waals surface area (Å²) in [6.45, 7) is 10.2. The van der Waals surface area contributed by atoms with E-state index in [1.807, 2.05) is 58.9 Å². The molecule has 1 rings (SSSR count). The van der Waals surface area contributed by atoms with Crippen LogP contribution in [0, 0.1) is 0 Å². The van der Waals surface area contributed by atoms with Gasteiger partial charge in [-0.25, -0.2) is 4.79 Å². The van der Waals surface area contributed by atoms with Gasteiger partial charge in [0.15, 0.2) is 0 Å². The fraction of sp³-hybridized carbons (Fsp3) is 0.562. The van der Waals surface area contributed by atoms with E-state index in [9.17, 15) is 4.79 Å². The average molecular weight is 279 g/mol. The van der Waals surface area contributed by atoms with Crippen LogP contribution in [0.1, 0.15) is 46.2 Å². The molecule has 0 aromatic heterocycles. The van der Waals surface area contributed by atoms with Crippen LogP contribution in [-0.4, -0.2) is 24.7 Å². The van der Waals surface area contributed by atoms with Gasteiger partial charge in [0.05, 0.1) is 12.7 Å². The van der Waals surface area contributed by atoms with E-state index >= 15 is 0 Å². The molecule has 1 unspecified atom stereocenters. The summed E-state index contributed by atoms with van der Waals surface area (Å²) in [5, 5.41) is 3.23. The van der Waals surface area contributed by atoms with Crippen LogP contribution in [-0.2, 0) is 9.53 Å². The molecule has 112 valence electrons. The molecule has 4 heteroatoms. The number of ether oxygens (including phenoxy) is 2. The number of rotatable bonds is 7. The minimum Gasteiger partial charge on any atom is -0.491 e. The Bertz CT molecular complexity index is 412. The van der Waals surface area contributed by atoms with E-state index in [4.69, 9.17) is 9.47 Å². The van der Waals surface area contributed by atoms with Crippen LogP contribution in [0.25, 0.3) is 0 Å². The van der Waals surface area contributed by atoms with Crippen molar-refractivity contribution in [3.05, 3.63) is 29.8 Å². The largest absolute Gasteiger partial charge is 0.491 e. The summed E-state index contributed by atoms with van der Waals surface area (Å²) in [6.07, 6.45) is 0.135. The van der Waals surface area contributed by atoms with Crippen molar-refractivity contribution < 1.29 is 14.3 Å². The van der Waals surface area contributed by atoms with Gasteiger partial charge in [0.25, 0.3) is 0 Å². The molecule has 0 saturated heterocycles. The lowest BCUT2D eigenvalue weighted by atomic mass is 10.1. The highest BCUT2D eigenvalue weighted by molar-refractivity contribution is 5.77. The second kappa shape index (κ2) is 7.90. The molecule has 1 atom stereocenters. The highest BCUT2D eigenvalue weighted by Crippen LogP contribution is 2.20. The maximum Gasteiger partial charge on any atom is 0.327 e. The zero-order valence-electron chi connectivity index (χ0n) is 13.0. The number of hydrogen-bond acceptors (Lipinski definition) is 4.